The Morgan fingerprint density at radius 2 is 1.84 bits per heavy atom. The molecule has 0 saturated heterocycles. The molecule has 1 aliphatic rings. The fourth-order valence-electron chi connectivity index (χ4n) is 5.21. The molecule has 0 aliphatic heterocycles. The average molecular weight is 511 g/mol. The van der Waals surface area contributed by atoms with Gasteiger partial charge in [0, 0.05) is 12.6 Å². The lowest BCUT2D eigenvalue weighted by Gasteiger charge is -2.30. The molecule has 196 valence electrons. The number of nitrogens with two attached hydrogens (primary N) is 1. The van der Waals surface area contributed by atoms with Crippen molar-refractivity contribution in [1.82, 2.24) is 24.0 Å². The van der Waals surface area contributed by atoms with Gasteiger partial charge in [0.1, 0.15) is 23.3 Å². The van der Waals surface area contributed by atoms with Crippen LogP contribution in [0.25, 0.3) is 16.9 Å². The minimum atomic E-state index is -0.164. The number of anilines is 1. The summed E-state index contributed by atoms with van der Waals surface area (Å²) in [5, 5.41) is 0. The first-order valence-corrected chi connectivity index (χ1v) is 13.0. The van der Waals surface area contributed by atoms with E-state index in [-0.39, 0.29) is 17.5 Å². The van der Waals surface area contributed by atoms with Gasteiger partial charge in [-0.1, -0.05) is 48.9 Å². The van der Waals surface area contributed by atoms with Crippen LogP contribution < -0.4 is 16.2 Å². The average Bonchev–Trinajstić information content (AvgIpc) is 3.22. The highest BCUT2D eigenvalue weighted by Gasteiger charge is 2.29. The third-order valence-electron chi connectivity index (χ3n) is 7.09. The number of allylic oxidation sites excluding steroid dienone is 2. The maximum absolute atomic E-state index is 14.0. The number of rotatable bonds is 8. The van der Waals surface area contributed by atoms with E-state index in [1.165, 1.54) is 6.33 Å². The predicted molar refractivity (Wildman–Crippen MR) is 152 cm³/mol. The van der Waals surface area contributed by atoms with Crippen molar-refractivity contribution in [1.29, 1.82) is 0 Å². The van der Waals surface area contributed by atoms with Crippen LogP contribution in [0.15, 0.2) is 90.0 Å². The summed E-state index contributed by atoms with van der Waals surface area (Å²) in [6, 6.07) is 17.0. The van der Waals surface area contributed by atoms with Gasteiger partial charge in [0.2, 0.25) is 0 Å². The molecule has 1 aliphatic carbocycles. The van der Waals surface area contributed by atoms with Crippen LogP contribution in [-0.4, -0.2) is 44.6 Å². The molecular weight excluding hydrogens is 476 g/mol. The lowest BCUT2D eigenvalue weighted by Crippen LogP contribution is -2.30. The van der Waals surface area contributed by atoms with Crippen LogP contribution in [0.1, 0.15) is 31.7 Å². The van der Waals surface area contributed by atoms with Crippen LogP contribution in [0.4, 0.5) is 5.82 Å². The third kappa shape index (κ3) is 5.26. The van der Waals surface area contributed by atoms with E-state index in [1.807, 2.05) is 73.3 Å². The molecule has 2 N–H and O–H groups in total. The van der Waals surface area contributed by atoms with E-state index >= 15 is 0 Å². The van der Waals surface area contributed by atoms with Gasteiger partial charge in [0.05, 0.1) is 5.69 Å². The molecule has 0 spiro atoms. The Bertz CT molecular complexity index is 1500. The number of benzene rings is 2. The lowest BCUT2D eigenvalue weighted by atomic mass is 9.81. The van der Waals surface area contributed by atoms with Crippen molar-refractivity contribution >= 4 is 17.0 Å². The number of nitrogens with zero attached hydrogens (tertiary/aromatic N) is 5. The molecule has 2 aromatic carbocycles. The smallest absolute Gasteiger partial charge is 0.335 e. The molecule has 8 heteroatoms. The molecule has 2 aromatic heterocycles. The number of fused-ring (bicyclic) bond motifs is 1. The van der Waals surface area contributed by atoms with Crippen molar-refractivity contribution in [2.24, 2.45) is 5.92 Å². The summed E-state index contributed by atoms with van der Waals surface area (Å²) in [6.07, 6.45) is 9.51. The van der Waals surface area contributed by atoms with Gasteiger partial charge in [-0.3, -0.25) is 9.13 Å². The summed E-state index contributed by atoms with van der Waals surface area (Å²) in [5.41, 5.74) is 9.04. The van der Waals surface area contributed by atoms with Crippen molar-refractivity contribution in [3.8, 4) is 17.2 Å². The number of aromatic nitrogens is 4. The van der Waals surface area contributed by atoms with Crippen LogP contribution in [-0.2, 0) is 0 Å². The third-order valence-corrected chi connectivity index (χ3v) is 7.09. The molecular formula is C30H34N6O2. The molecule has 4 aromatic rings. The molecule has 38 heavy (non-hydrogen) atoms. The summed E-state index contributed by atoms with van der Waals surface area (Å²) < 4.78 is 9.36. The number of para-hydroxylation sites is 1. The standard InChI is InChI=1S/C30H34N6O2/c1-21(9-8-18-34(2)3)22-10-7-11-24(19-22)36-29-27(28(31)32-20-33-29)35(30(36)37)23-14-16-26(17-15-23)38-25-12-5-4-6-13-25/h4-6,8-9,12-17,20,22,24H,1,7,10-11,18-19H2,2-3H3,(H2,31,32,33)/b9-8+/t22?,24-/m1/s1. The number of likely N-dealkylation sites (N-methyl/N-ethyl adjacent to an activating group) is 1. The van der Waals surface area contributed by atoms with Crippen LogP contribution in [0.2, 0.25) is 0 Å². The fraction of sp³-hybridized carbons (Fsp3) is 0.300. The Morgan fingerprint density at radius 1 is 1.11 bits per heavy atom. The van der Waals surface area contributed by atoms with E-state index in [1.54, 1.807) is 4.57 Å². The summed E-state index contributed by atoms with van der Waals surface area (Å²) in [7, 11) is 4.09. The topological polar surface area (TPSA) is 91.2 Å². The van der Waals surface area contributed by atoms with E-state index in [0.717, 1.165) is 43.6 Å². The molecule has 2 atom stereocenters. The Kier molecular flexibility index (Phi) is 7.42. The van der Waals surface area contributed by atoms with Crippen LogP contribution in [0.3, 0.4) is 0 Å². The molecule has 1 fully saturated rings. The van der Waals surface area contributed by atoms with E-state index < -0.39 is 0 Å². The SMILES string of the molecule is C=C(/C=C/CN(C)C)C1CCC[C@@H](n2c(=O)n(-c3ccc(Oc4ccccc4)cc3)c3c(N)ncnc32)C1. The highest BCUT2D eigenvalue weighted by atomic mass is 16.5. The quantitative estimate of drug-likeness (QED) is 0.321. The van der Waals surface area contributed by atoms with Gasteiger partial charge in [-0.25, -0.2) is 14.8 Å². The molecule has 1 saturated carbocycles. The highest BCUT2D eigenvalue weighted by Crippen LogP contribution is 2.37. The fourth-order valence-corrected chi connectivity index (χ4v) is 5.21. The monoisotopic (exact) mass is 510 g/mol. The molecule has 5 rings (SSSR count). The van der Waals surface area contributed by atoms with Crippen LogP contribution in [0.5, 0.6) is 11.5 Å². The molecule has 0 amide bonds. The minimum absolute atomic E-state index is 0.000939. The second-order valence-electron chi connectivity index (χ2n) is 10.1. The van der Waals surface area contributed by atoms with Gasteiger partial charge < -0.3 is 15.4 Å². The van der Waals surface area contributed by atoms with Crippen LogP contribution in [0, 0.1) is 5.92 Å². The lowest BCUT2D eigenvalue weighted by molar-refractivity contribution is 0.296. The minimum Gasteiger partial charge on any atom is -0.457 e. The van der Waals surface area contributed by atoms with E-state index in [2.05, 4.69) is 33.6 Å². The first-order chi connectivity index (χ1) is 18.4. The number of ether oxygens (including phenoxy) is 1. The van der Waals surface area contributed by atoms with Crippen molar-refractivity contribution in [3.05, 3.63) is 95.7 Å². The number of imidazole rings is 1. The number of hydrogen-bond acceptors (Lipinski definition) is 6. The van der Waals surface area contributed by atoms with E-state index in [0.29, 0.717) is 28.5 Å². The maximum Gasteiger partial charge on any atom is 0.335 e. The summed E-state index contributed by atoms with van der Waals surface area (Å²) >= 11 is 0. The van der Waals surface area contributed by atoms with Gasteiger partial charge in [-0.2, -0.15) is 0 Å². The number of nitrogen functional groups attached to an aromatic ring is 1. The maximum atomic E-state index is 14.0. The molecule has 0 radical (unpaired) electrons. The van der Waals surface area contributed by atoms with Crippen molar-refractivity contribution in [2.45, 2.75) is 31.7 Å². The first-order valence-electron chi connectivity index (χ1n) is 13.0. The first kappa shape index (κ1) is 25.5. The summed E-state index contributed by atoms with van der Waals surface area (Å²) in [5.74, 6) is 2.01. The Morgan fingerprint density at radius 3 is 2.58 bits per heavy atom. The molecule has 8 nitrogen and oxygen atoms in total. The van der Waals surface area contributed by atoms with E-state index in [9.17, 15) is 4.79 Å². The zero-order chi connectivity index (χ0) is 26.6. The van der Waals surface area contributed by atoms with Gasteiger partial charge in [0.15, 0.2) is 11.5 Å². The predicted octanol–water partition coefficient (Wildman–Crippen LogP) is 5.36. The summed E-state index contributed by atoms with van der Waals surface area (Å²) in [6.45, 7) is 5.21. The second kappa shape index (κ2) is 11.1. The molecule has 0 bridgehead atoms. The van der Waals surface area contributed by atoms with Gasteiger partial charge in [-0.05, 0) is 75.7 Å². The van der Waals surface area contributed by atoms with Gasteiger partial charge in [-0.15, -0.1) is 0 Å². The second-order valence-corrected chi connectivity index (χ2v) is 10.1. The molecule has 2 heterocycles. The van der Waals surface area contributed by atoms with Gasteiger partial charge >= 0.3 is 5.69 Å². The Hall–Kier alpha value is -4.17. The van der Waals surface area contributed by atoms with Crippen molar-refractivity contribution < 1.29 is 4.74 Å². The van der Waals surface area contributed by atoms with E-state index in [4.69, 9.17) is 10.5 Å². The zero-order valence-corrected chi connectivity index (χ0v) is 22.0. The van der Waals surface area contributed by atoms with Crippen LogP contribution >= 0.6 is 0 Å². The Labute approximate surface area is 222 Å². The zero-order valence-electron chi connectivity index (χ0n) is 22.0. The summed E-state index contributed by atoms with van der Waals surface area (Å²) in [4.78, 5) is 24.8. The highest BCUT2D eigenvalue weighted by molar-refractivity contribution is 5.84. The normalized spacial score (nSPS) is 17.9. The molecule has 1 unspecified atom stereocenters. The largest absolute Gasteiger partial charge is 0.457 e. The Balaban J connectivity index is 1.47. The van der Waals surface area contributed by atoms with Crippen molar-refractivity contribution in [3.63, 3.8) is 0 Å². The van der Waals surface area contributed by atoms with Gasteiger partial charge in [0.25, 0.3) is 0 Å². The van der Waals surface area contributed by atoms with Crippen molar-refractivity contribution in [2.75, 3.05) is 26.4 Å². The number of hydrogen-bond donors (Lipinski definition) is 1.